The molecule has 3 aromatic rings. The fourth-order valence-electron chi connectivity index (χ4n) is 2.94. The van der Waals surface area contributed by atoms with Crippen LogP contribution in [-0.4, -0.2) is 23.9 Å². The van der Waals surface area contributed by atoms with E-state index in [1.54, 1.807) is 37.3 Å². The van der Waals surface area contributed by atoms with Gasteiger partial charge in [0.1, 0.15) is 23.1 Å². The van der Waals surface area contributed by atoms with Gasteiger partial charge >= 0.3 is 5.97 Å². The molecule has 0 bridgehead atoms. The van der Waals surface area contributed by atoms with Crippen molar-refractivity contribution in [3.8, 4) is 17.6 Å². The Hall–Kier alpha value is -4.68. The van der Waals surface area contributed by atoms with Crippen molar-refractivity contribution in [2.75, 3.05) is 12.4 Å². The molecule has 0 heterocycles. The molecule has 3 rings (SSSR count). The first-order valence-electron chi connectivity index (χ1n) is 10.1. The largest absolute Gasteiger partial charge is 0.497 e. The van der Waals surface area contributed by atoms with Crippen LogP contribution in [0.4, 0.5) is 11.4 Å². The van der Waals surface area contributed by atoms with Gasteiger partial charge in [-0.25, -0.2) is 4.79 Å². The zero-order chi connectivity index (χ0) is 25.5. The highest BCUT2D eigenvalue weighted by atomic mass is 35.5. The summed E-state index contributed by atoms with van der Waals surface area (Å²) in [4.78, 5) is 35.4. The molecule has 0 radical (unpaired) electrons. The molecule has 35 heavy (non-hydrogen) atoms. The van der Waals surface area contributed by atoms with Crippen LogP contribution in [0.25, 0.3) is 6.08 Å². The molecule has 3 aromatic carbocycles. The molecule has 0 aliphatic heterocycles. The average Bonchev–Trinajstić information content (AvgIpc) is 2.85. The number of non-ortho nitro benzene ring substituents is 1. The minimum absolute atomic E-state index is 0.0906. The number of nitriles is 1. The lowest BCUT2D eigenvalue weighted by molar-refractivity contribution is -0.384. The number of rotatable bonds is 7. The fraction of sp³-hybridized carbons (Fsp3) is 0.0800. The first-order valence-corrected chi connectivity index (χ1v) is 10.4. The predicted octanol–water partition coefficient (Wildman–Crippen LogP) is 5.33. The van der Waals surface area contributed by atoms with Crippen molar-refractivity contribution in [3.05, 3.63) is 98.1 Å². The molecule has 0 fully saturated rings. The van der Waals surface area contributed by atoms with Crippen molar-refractivity contribution in [2.45, 2.75) is 6.92 Å². The molecule has 9 nitrogen and oxygen atoms in total. The van der Waals surface area contributed by atoms with Gasteiger partial charge in [0.25, 0.3) is 11.6 Å². The molecule has 0 aromatic heterocycles. The van der Waals surface area contributed by atoms with Crippen LogP contribution < -0.4 is 14.8 Å². The molecule has 0 aliphatic carbocycles. The number of methoxy groups -OCH3 is 1. The normalized spacial score (nSPS) is 10.7. The number of aryl methyl sites for hydroxylation is 1. The van der Waals surface area contributed by atoms with Crippen LogP contribution in [0.1, 0.15) is 21.5 Å². The Balaban J connectivity index is 1.76. The summed E-state index contributed by atoms with van der Waals surface area (Å²) >= 11 is 6.24. The third-order valence-corrected chi connectivity index (χ3v) is 5.14. The van der Waals surface area contributed by atoms with Crippen LogP contribution >= 0.6 is 11.6 Å². The number of halogens is 1. The van der Waals surface area contributed by atoms with E-state index >= 15 is 0 Å². The lowest BCUT2D eigenvalue weighted by Crippen LogP contribution is -2.14. The number of amides is 1. The van der Waals surface area contributed by atoms with Gasteiger partial charge in [-0.15, -0.1) is 0 Å². The maximum atomic E-state index is 12.6. The SMILES string of the molecule is COc1ccc(C(=O)Oc2ccc(/C=C(\C#N)C(=O)Nc3cc([N+](=O)[O-])ccc3C)cc2Cl)cc1. The summed E-state index contributed by atoms with van der Waals surface area (Å²) in [5.74, 6) is -0.682. The molecule has 176 valence electrons. The minimum atomic E-state index is -0.748. The van der Waals surface area contributed by atoms with E-state index in [0.717, 1.165) is 0 Å². The number of anilines is 1. The van der Waals surface area contributed by atoms with Gasteiger partial charge in [0.05, 0.1) is 28.3 Å². The number of esters is 1. The predicted molar refractivity (Wildman–Crippen MR) is 129 cm³/mol. The third-order valence-electron chi connectivity index (χ3n) is 4.84. The van der Waals surface area contributed by atoms with Crippen molar-refractivity contribution in [1.29, 1.82) is 5.26 Å². The summed E-state index contributed by atoms with van der Waals surface area (Å²) in [5, 5.41) is 23.1. The maximum Gasteiger partial charge on any atom is 0.343 e. The Morgan fingerprint density at radius 2 is 1.83 bits per heavy atom. The maximum absolute atomic E-state index is 12.6. The van der Waals surface area contributed by atoms with Crippen molar-refractivity contribution >= 4 is 40.9 Å². The van der Waals surface area contributed by atoms with E-state index in [4.69, 9.17) is 21.1 Å². The molecular weight excluding hydrogens is 474 g/mol. The number of hydrogen-bond acceptors (Lipinski definition) is 7. The van der Waals surface area contributed by atoms with Gasteiger partial charge < -0.3 is 14.8 Å². The summed E-state index contributed by atoms with van der Waals surface area (Å²) in [6, 6.07) is 16.6. The zero-order valence-electron chi connectivity index (χ0n) is 18.6. The highest BCUT2D eigenvalue weighted by molar-refractivity contribution is 6.32. The molecule has 1 amide bonds. The van der Waals surface area contributed by atoms with Crippen molar-refractivity contribution in [3.63, 3.8) is 0 Å². The molecule has 0 saturated carbocycles. The Morgan fingerprint density at radius 3 is 2.43 bits per heavy atom. The van der Waals surface area contributed by atoms with Gasteiger partial charge in [-0.3, -0.25) is 14.9 Å². The molecule has 0 saturated heterocycles. The highest BCUT2D eigenvalue weighted by Gasteiger charge is 2.16. The Morgan fingerprint density at radius 1 is 1.11 bits per heavy atom. The van der Waals surface area contributed by atoms with E-state index in [9.17, 15) is 25.0 Å². The van der Waals surface area contributed by atoms with Crippen molar-refractivity contribution in [1.82, 2.24) is 0 Å². The van der Waals surface area contributed by atoms with Crippen LogP contribution in [0.3, 0.4) is 0 Å². The van der Waals surface area contributed by atoms with E-state index in [2.05, 4.69) is 5.32 Å². The van der Waals surface area contributed by atoms with E-state index in [0.29, 0.717) is 22.4 Å². The minimum Gasteiger partial charge on any atom is -0.497 e. The topological polar surface area (TPSA) is 132 Å². The molecule has 1 N–H and O–H groups in total. The second kappa shape index (κ2) is 11.0. The summed E-state index contributed by atoms with van der Waals surface area (Å²) in [6.45, 7) is 1.67. The van der Waals surface area contributed by atoms with Gasteiger partial charge in [-0.2, -0.15) is 5.26 Å². The van der Waals surface area contributed by atoms with E-state index in [1.807, 2.05) is 0 Å². The van der Waals surface area contributed by atoms with Crippen LogP contribution in [-0.2, 0) is 4.79 Å². The van der Waals surface area contributed by atoms with Gasteiger partial charge in [0.2, 0.25) is 0 Å². The van der Waals surface area contributed by atoms with Crippen LogP contribution in [0.5, 0.6) is 11.5 Å². The standard InChI is InChI=1S/C25H18ClN3O6/c1-15-3-7-19(29(32)33)13-22(15)28-24(30)18(14-27)11-16-4-10-23(21(26)12-16)35-25(31)17-5-8-20(34-2)9-6-17/h3-13H,1-2H3,(H,28,30)/b18-11+. The van der Waals surface area contributed by atoms with Crippen LogP contribution in [0.15, 0.2) is 66.2 Å². The molecule has 0 atom stereocenters. The summed E-state index contributed by atoms with van der Waals surface area (Å²) in [6.07, 6.45) is 1.29. The van der Waals surface area contributed by atoms with Crippen LogP contribution in [0, 0.1) is 28.4 Å². The fourth-order valence-corrected chi connectivity index (χ4v) is 3.17. The number of hydrogen-bond donors (Lipinski definition) is 1. The number of carbonyl (C=O) groups excluding carboxylic acids is 2. The molecule has 0 aliphatic rings. The third kappa shape index (κ3) is 6.22. The summed E-state index contributed by atoms with van der Waals surface area (Å²) < 4.78 is 10.4. The van der Waals surface area contributed by atoms with Crippen molar-refractivity contribution in [2.24, 2.45) is 0 Å². The first-order chi connectivity index (χ1) is 16.7. The second-order valence-electron chi connectivity index (χ2n) is 7.19. The van der Waals surface area contributed by atoms with Gasteiger partial charge in [-0.1, -0.05) is 23.7 Å². The molecule has 10 heteroatoms. The highest BCUT2D eigenvalue weighted by Crippen LogP contribution is 2.28. The lowest BCUT2D eigenvalue weighted by Gasteiger charge is -2.09. The number of carbonyl (C=O) groups is 2. The quantitative estimate of drug-likeness (QED) is 0.118. The van der Waals surface area contributed by atoms with E-state index < -0.39 is 16.8 Å². The summed E-state index contributed by atoms with van der Waals surface area (Å²) in [5.41, 5.74) is 1.05. The number of nitrogens with zero attached hydrogens (tertiary/aromatic N) is 2. The molecule has 0 unspecified atom stereocenters. The van der Waals surface area contributed by atoms with E-state index in [1.165, 1.54) is 49.6 Å². The number of nitro benzene ring substituents is 1. The number of benzene rings is 3. The smallest absolute Gasteiger partial charge is 0.343 e. The number of nitro groups is 1. The molecular formula is C25H18ClN3O6. The first kappa shape index (κ1) is 25.0. The second-order valence-corrected chi connectivity index (χ2v) is 7.60. The van der Waals surface area contributed by atoms with Gasteiger partial charge in [0.15, 0.2) is 0 Å². The summed E-state index contributed by atoms with van der Waals surface area (Å²) in [7, 11) is 1.51. The number of nitrogens with one attached hydrogen (secondary N) is 1. The van der Waals surface area contributed by atoms with Gasteiger partial charge in [0, 0.05) is 12.1 Å². The monoisotopic (exact) mass is 491 g/mol. The Labute approximate surface area is 205 Å². The van der Waals surface area contributed by atoms with Crippen LogP contribution in [0.2, 0.25) is 5.02 Å². The van der Waals surface area contributed by atoms with Gasteiger partial charge in [-0.05, 0) is 60.5 Å². The van der Waals surface area contributed by atoms with E-state index in [-0.39, 0.29) is 27.7 Å². The van der Waals surface area contributed by atoms with Crippen molar-refractivity contribution < 1.29 is 24.0 Å². The zero-order valence-corrected chi connectivity index (χ0v) is 19.3. The number of ether oxygens (including phenoxy) is 2. The Kier molecular flexibility index (Phi) is 7.81. The molecule has 0 spiro atoms. The Bertz CT molecular complexity index is 1380. The average molecular weight is 492 g/mol. The lowest BCUT2D eigenvalue weighted by atomic mass is 10.1.